The van der Waals surface area contributed by atoms with E-state index >= 15 is 0 Å². The minimum atomic E-state index is -0.855. The summed E-state index contributed by atoms with van der Waals surface area (Å²) >= 11 is 1.36. The number of carbonyl (C=O) groups is 5. The molecule has 11 heteroatoms. The van der Waals surface area contributed by atoms with Crippen molar-refractivity contribution in [3.8, 4) is 0 Å². The molecule has 0 bridgehead atoms. The summed E-state index contributed by atoms with van der Waals surface area (Å²) in [6, 6.07) is 7.83. The molecule has 35 heavy (non-hydrogen) atoms. The fourth-order valence-corrected chi connectivity index (χ4v) is 3.82. The SMILES string of the molecule is CCOC(=O)c1c(NC(=O)COC(=O)c2ccccc2NC(=O)c2ccsc2)oc(C)c1C(C)=O. The predicted octanol–water partition coefficient (Wildman–Crippen LogP) is 4.08. The molecule has 0 spiro atoms. The van der Waals surface area contributed by atoms with E-state index in [1.807, 2.05) is 0 Å². The molecular formula is C24H22N2O8S. The monoisotopic (exact) mass is 498 g/mol. The molecular weight excluding hydrogens is 476 g/mol. The second-order valence-corrected chi connectivity index (χ2v) is 7.93. The number of thiophene rings is 1. The number of carbonyl (C=O) groups excluding carboxylic acids is 5. The molecule has 1 aromatic carbocycles. The van der Waals surface area contributed by atoms with Crippen molar-refractivity contribution in [2.24, 2.45) is 0 Å². The first-order valence-electron chi connectivity index (χ1n) is 10.4. The number of hydrogen-bond donors (Lipinski definition) is 2. The Labute approximate surface area is 204 Å². The highest BCUT2D eigenvalue weighted by molar-refractivity contribution is 7.08. The molecule has 0 aliphatic heterocycles. The van der Waals surface area contributed by atoms with E-state index in [2.05, 4.69) is 10.6 Å². The molecule has 0 radical (unpaired) electrons. The van der Waals surface area contributed by atoms with E-state index < -0.39 is 36.1 Å². The molecule has 2 amide bonds. The highest BCUT2D eigenvalue weighted by Crippen LogP contribution is 2.28. The summed E-state index contributed by atoms with van der Waals surface area (Å²) in [7, 11) is 0. The van der Waals surface area contributed by atoms with Crippen molar-refractivity contribution >= 4 is 52.4 Å². The summed E-state index contributed by atoms with van der Waals surface area (Å²) < 4.78 is 15.4. The quantitative estimate of drug-likeness (QED) is 0.332. The van der Waals surface area contributed by atoms with Gasteiger partial charge in [0.15, 0.2) is 12.4 Å². The lowest BCUT2D eigenvalue weighted by Gasteiger charge is -2.11. The number of rotatable bonds is 9. The van der Waals surface area contributed by atoms with Crippen LogP contribution < -0.4 is 10.6 Å². The van der Waals surface area contributed by atoms with E-state index in [0.717, 1.165) is 0 Å². The van der Waals surface area contributed by atoms with Crippen molar-refractivity contribution in [1.29, 1.82) is 0 Å². The Balaban J connectivity index is 1.70. The maximum atomic E-state index is 12.6. The molecule has 2 heterocycles. The molecule has 0 aliphatic carbocycles. The van der Waals surface area contributed by atoms with Crippen LogP contribution in [0.5, 0.6) is 0 Å². The number of benzene rings is 1. The molecule has 3 rings (SSSR count). The van der Waals surface area contributed by atoms with Crippen LogP contribution in [0.4, 0.5) is 11.6 Å². The van der Waals surface area contributed by atoms with Gasteiger partial charge in [-0.2, -0.15) is 11.3 Å². The van der Waals surface area contributed by atoms with Gasteiger partial charge in [0, 0.05) is 5.38 Å². The van der Waals surface area contributed by atoms with Crippen LogP contribution in [0.25, 0.3) is 0 Å². The van der Waals surface area contributed by atoms with Gasteiger partial charge in [-0.1, -0.05) is 12.1 Å². The van der Waals surface area contributed by atoms with E-state index in [9.17, 15) is 24.0 Å². The molecule has 0 aliphatic rings. The second kappa shape index (κ2) is 11.3. The number of aryl methyl sites for hydroxylation is 1. The number of nitrogens with one attached hydrogen (secondary N) is 2. The number of para-hydroxylation sites is 1. The van der Waals surface area contributed by atoms with Gasteiger partial charge < -0.3 is 19.2 Å². The van der Waals surface area contributed by atoms with Crippen LogP contribution in [0, 0.1) is 6.92 Å². The first-order valence-corrected chi connectivity index (χ1v) is 11.4. The predicted molar refractivity (Wildman–Crippen MR) is 127 cm³/mol. The van der Waals surface area contributed by atoms with E-state index in [4.69, 9.17) is 13.9 Å². The second-order valence-electron chi connectivity index (χ2n) is 7.15. The fourth-order valence-electron chi connectivity index (χ4n) is 3.18. The van der Waals surface area contributed by atoms with Gasteiger partial charge in [-0.3, -0.25) is 19.7 Å². The van der Waals surface area contributed by atoms with Gasteiger partial charge in [0.05, 0.1) is 29.0 Å². The van der Waals surface area contributed by atoms with Gasteiger partial charge in [0.1, 0.15) is 11.3 Å². The van der Waals surface area contributed by atoms with Crippen molar-refractivity contribution in [3.63, 3.8) is 0 Å². The van der Waals surface area contributed by atoms with Gasteiger partial charge in [0.25, 0.3) is 11.8 Å². The summed E-state index contributed by atoms with van der Waals surface area (Å²) in [4.78, 5) is 61.7. The lowest BCUT2D eigenvalue weighted by Crippen LogP contribution is -2.23. The molecule has 0 atom stereocenters. The minimum Gasteiger partial charge on any atom is -0.462 e. The van der Waals surface area contributed by atoms with Gasteiger partial charge in [-0.05, 0) is 44.4 Å². The van der Waals surface area contributed by atoms with Crippen molar-refractivity contribution < 1.29 is 37.9 Å². The summed E-state index contributed by atoms with van der Waals surface area (Å²) in [6.07, 6.45) is 0. The molecule has 3 aromatic rings. The van der Waals surface area contributed by atoms with Crippen LogP contribution >= 0.6 is 11.3 Å². The van der Waals surface area contributed by atoms with E-state index in [0.29, 0.717) is 5.56 Å². The summed E-state index contributed by atoms with van der Waals surface area (Å²) in [5, 5.41) is 8.39. The Morgan fingerprint density at radius 2 is 1.71 bits per heavy atom. The largest absolute Gasteiger partial charge is 0.462 e. The van der Waals surface area contributed by atoms with Gasteiger partial charge in [-0.25, -0.2) is 9.59 Å². The first kappa shape index (κ1) is 25.4. The molecule has 0 unspecified atom stereocenters. The van der Waals surface area contributed by atoms with E-state index in [1.165, 1.54) is 37.3 Å². The number of furan rings is 1. The third-order valence-corrected chi connectivity index (χ3v) is 5.36. The third kappa shape index (κ3) is 6.01. The first-order chi connectivity index (χ1) is 16.7. The maximum absolute atomic E-state index is 12.6. The number of hydrogen-bond acceptors (Lipinski definition) is 9. The van der Waals surface area contributed by atoms with Crippen LogP contribution in [-0.4, -0.2) is 42.7 Å². The minimum absolute atomic E-state index is 0.00830. The number of ether oxygens (including phenoxy) is 2. The Morgan fingerprint density at radius 1 is 0.971 bits per heavy atom. The van der Waals surface area contributed by atoms with Crippen molar-refractivity contribution in [2.45, 2.75) is 20.8 Å². The van der Waals surface area contributed by atoms with E-state index in [1.54, 1.807) is 35.9 Å². The van der Waals surface area contributed by atoms with Crippen molar-refractivity contribution in [1.82, 2.24) is 0 Å². The average molecular weight is 499 g/mol. The fraction of sp³-hybridized carbons (Fsp3) is 0.208. The number of esters is 2. The summed E-state index contributed by atoms with van der Waals surface area (Å²) in [6.45, 7) is 3.65. The molecule has 0 saturated heterocycles. The van der Waals surface area contributed by atoms with E-state index in [-0.39, 0.29) is 40.6 Å². The molecule has 10 nitrogen and oxygen atoms in total. The zero-order valence-electron chi connectivity index (χ0n) is 19.1. The Kier molecular flexibility index (Phi) is 8.16. The van der Waals surface area contributed by atoms with Gasteiger partial charge in [-0.15, -0.1) is 0 Å². The normalized spacial score (nSPS) is 10.4. The van der Waals surface area contributed by atoms with Crippen LogP contribution in [0.3, 0.4) is 0 Å². The summed E-state index contributed by atoms with van der Waals surface area (Å²) in [5.74, 6) is -3.50. The number of ketones is 1. The molecule has 2 aromatic heterocycles. The zero-order chi connectivity index (χ0) is 25.5. The lowest BCUT2D eigenvalue weighted by molar-refractivity contribution is -0.119. The Morgan fingerprint density at radius 3 is 2.37 bits per heavy atom. The number of amides is 2. The van der Waals surface area contributed by atoms with Crippen LogP contribution in [-0.2, 0) is 14.3 Å². The van der Waals surface area contributed by atoms with Crippen molar-refractivity contribution in [3.05, 3.63) is 69.1 Å². The highest BCUT2D eigenvalue weighted by Gasteiger charge is 2.29. The summed E-state index contributed by atoms with van der Waals surface area (Å²) in [5.41, 5.74) is 0.480. The Hall–Kier alpha value is -4.25. The average Bonchev–Trinajstić information content (AvgIpc) is 3.46. The zero-order valence-corrected chi connectivity index (χ0v) is 19.9. The standard InChI is InChI=1S/C24H22N2O8S/c1-4-32-24(31)20-19(13(2)27)14(3)34-22(20)26-18(28)11-33-23(30)16-7-5-6-8-17(16)25-21(29)15-9-10-35-12-15/h5-10,12H,4,11H2,1-3H3,(H,25,29)(H,26,28). The Bertz CT molecular complexity index is 1280. The van der Waals surface area contributed by atoms with Crippen LogP contribution in [0.15, 0.2) is 45.5 Å². The molecule has 2 N–H and O–H groups in total. The van der Waals surface area contributed by atoms with Gasteiger partial charge in [0.2, 0.25) is 5.88 Å². The topological polar surface area (TPSA) is 141 Å². The van der Waals surface area contributed by atoms with Crippen LogP contribution in [0.1, 0.15) is 61.0 Å². The molecule has 0 fully saturated rings. The molecule has 0 saturated carbocycles. The number of Topliss-reactive ketones (excluding diaryl/α,β-unsaturated/α-hetero) is 1. The van der Waals surface area contributed by atoms with Gasteiger partial charge >= 0.3 is 11.9 Å². The maximum Gasteiger partial charge on any atom is 0.344 e. The smallest absolute Gasteiger partial charge is 0.344 e. The molecule has 182 valence electrons. The number of anilines is 2. The third-order valence-electron chi connectivity index (χ3n) is 4.68. The van der Waals surface area contributed by atoms with Crippen molar-refractivity contribution in [2.75, 3.05) is 23.8 Å². The lowest BCUT2D eigenvalue weighted by atomic mass is 10.1. The van der Waals surface area contributed by atoms with Crippen LogP contribution in [0.2, 0.25) is 0 Å². The highest BCUT2D eigenvalue weighted by atomic mass is 32.1.